The van der Waals surface area contributed by atoms with E-state index in [2.05, 4.69) is 30.8 Å². The molecular weight excluding hydrogens is 470 g/mol. The molecule has 0 atom stereocenters. The molecule has 2 aromatic heterocycles. The van der Waals surface area contributed by atoms with Crippen molar-refractivity contribution >= 4 is 46.7 Å². The van der Waals surface area contributed by atoms with Gasteiger partial charge in [0.05, 0.1) is 0 Å². The molecular formula is C20H24FIN6. The predicted molar refractivity (Wildman–Crippen MR) is 122 cm³/mol. The zero-order valence-electron chi connectivity index (χ0n) is 15.5. The minimum Gasteiger partial charge on any atom is -0.370 e. The number of benzene rings is 1. The van der Waals surface area contributed by atoms with Crippen LogP contribution in [0.5, 0.6) is 0 Å². The van der Waals surface area contributed by atoms with Crippen LogP contribution in [0.15, 0.2) is 53.8 Å². The Morgan fingerprint density at radius 2 is 1.89 bits per heavy atom. The van der Waals surface area contributed by atoms with Gasteiger partial charge in [-0.05, 0) is 48.4 Å². The van der Waals surface area contributed by atoms with E-state index in [1.54, 1.807) is 6.20 Å². The summed E-state index contributed by atoms with van der Waals surface area (Å²) in [7, 11) is 0. The molecule has 8 heteroatoms. The predicted octanol–water partition coefficient (Wildman–Crippen LogP) is 3.00. The molecule has 3 aromatic rings. The molecule has 1 fully saturated rings. The van der Waals surface area contributed by atoms with Gasteiger partial charge in [0.25, 0.3) is 0 Å². The maximum atomic E-state index is 13.1. The van der Waals surface area contributed by atoms with E-state index in [0.717, 1.165) is 49.3 Å². The van der Waals surface area contributed by atoms with Gasteiger partial charge in [-0.25, -0.2) is 9.37 Å². The fraction of sp³-hybridized carbons (Fsp3) is 0.300. The Kier molecular flexibility index (Phi) is 6.71. The maximum absolute atomic E-state index is 13.1. The number of hydrogen-bond acceptors (Lipinski definition) is 3. The molecule has 1 aliphatic heterocycles. The summed E-state index contributed by atoms with van der Waals surface area (Å²) in [6, 6.07) is 10.6. The lowest BCUT2D eigenvalue weighted by Crippen LogP contribution is -2.51. The fourth-order valence-electron chi connectivity index (χ4n) is 3.46. The number of nitrogens with zero attached hydrogens (tertiary/aromatic N) is 4. The van der Waals surface area contributed by atoms with Gasteiger partial charge in [0.15, 0.2) is 5.96 Å². The Morgan fingerprint density at radius 3 is 2.64 bits per heavy atom. The molecule has 28 heavy (non-hydrogen) atoms. The molecule has 0 saturated carbocycles. The van der Waals surface area contributed by atoms with Gasteiger partial charge >= 0.3 is 0 Å². The van der Waals surface area contributed by atoms with Gasteiger partial charge in [-0.1, -0.05) is 0 Å². The average Bonchev–Trinajstić information content (AvgIpc) is 3.12. The minimum absolute atomic E-state index is 0. The number of hydrogen-bond donors (Lipinski definition) is 2. The molecule has 1 aliphatic rings. The lowest BCUT2D eigenvalue weighted by Gasteiger charge is -2.36. The van der Waals surface area contributed by atoms with Crippen molar-refractivity contribution in [1.29, 1.82) is 0 Å². The van der Waals surface area contributed by atoms with E-state index < -0.39 is 0 Å². The van der Waals surface area contributed by atoms with Gasteiger partial charge in [-0.3, -0.25) is 4.99 Å². The zero-order chi connectivity index (χ0) is 18.6. The van der Waals surface area contributed by atoms with Crippen LogP contribution in [-0.2, 0) is 6.42 Å². The monoisotopic (exact) mass is 494 g/mol. The van der Waals surface area contributed by atoms with E-state index in [0.29, 0.717) is 12.5 Å². The molecule has 0 amide bonds. The van der Waals surface area contributed by atoms with E-state index in [1.807, 2.05) is 24.4 Å². The molecule has 0 bridgehead atoms. The number of rotatable bonds is 4. The van der Waals surface area contributed by atoms with Crippen LogP contribution in [0.1, 0.15) is 5.56 Å². The van der Waals surface area contributed by atoms with Crippen molar-refractivity contribution in [1.82, 2.24) is 14.9 Å². The zero-order valence-corrected chi connectivity index (χ0v) is 17.8. The largest absolute Gasteiger partial charge is 0.370 e. The summed E-state index contributed by atoms with van der Waals surface area (Å²) in [5, 5.41) is 1.14. The first kappa shape index (κ1) is 20.4. The van der Waals surface area contributed by atoms with E-state index in [1.165, 1.54) is 17.7 Å². The van der Waals surface area contributed by atoms with E-state index >= 15 is 0 Å². The summed E-state index contributed by atoms with van der Waals surface area (Å²) in [6.07, 6.45) is 4.59. The summed E-state index contributed by atoms with van der Waals surface area (Å²) in [5.74, 6) is 0.381. The first-order valence-electron chi connectivity index (χ1n) is 9.17. The van der Waals surface area contributed by atoms with Crippen molar-refractivity contribution in [3.05, 3.63) is 60.2 Å². The van der Waals surface area contributed by atoms with Gasteiger partial charge < -0.3 is 20.5 Å². The van der Waals surface area contributed by atoms with E-state index in [9.17, 15) is 4.39 Å². The maximum Gasteiger partial charge on any atom is 0.191 e. The molecule has 4 rings (SSSR count). The molecule has 3 N–H and O–H groups in total. The first-order chi connectivity index (χ1) is 13.2. The summed E-state index contributed by atoms with van der Waals surface area (Å²) in [5.41, 5.74) is 9.34. The molecule has 0 unspecified atom stereocenters. The van der Waals surface area contributed by atoms with Crippen molar-refractivity contribution in [3.8, 4) is 0 Å². The summed E-state index contributed by atoms with van der Waals surface area (Å²) in [4.78, 5) is 16.4. The summed E-state index contributed by atoms with van der Waals surface area (Å²) >= 11 is 0. The quantitative estimate of drug-likeness (QED) is 0.333. The summed E-state index contributed by atoms with van der Waals surface area (Å²) < 4.78 is 13.1. The second kappa shape index (κ2) is 9.22. The van der Waals surface area contributed by atoms with Gasteiger partial charge in [0.1, 0.15) is 11.5 Å². The number of fused-ring (bicyclic) bond motifs is 1. The van der Waals surface area contributed by atoms with Crippen LogP contribution in [-0.4, -0.2) is 53.6 Å². The molecule has 0 spiro atoms. The standard InChI is InChI=1S/C20H23FN6.HI/c21-16-3-5-17(6-4-16)26-10-12-27(13-11-26)20(22)24-9-7-15-14-25-19-18(15)2-1-8-23-19;/h1-6,8,14H,7,9-13H2,(H2,22,24)(H,23,25);1H. The third-order valence-electron chi connectivity index (χ3n) is 4.99. The Bertz CT molecular complexity index is 931. The molecule has 6 nitrogen and oxygen atoms in total. The molecule has 1 aromatic carbocycles. The van der Waals surface area contributed by atoms with E-state index in [-0.39, 0.29) is 29.8 Å². The van der Waals surface area contributed by atoms with Crippen LogP contribution in [0.4, 0.5) is 10.1 Å². The van der Waals surface area contributed by atoms with Gasteiger partial charge in [-0.15, -0.1) is 24.0 Å². The number of H-pyrrole nitrogens is 1. The van der Waals surface area contributed by atoms with Crippen molar-refractivity contribution in [2.75, 3.05) is 37.6 Å². The minimum atomic E-state index is -0.209. The number of pyridine rings is 1. The van der Waals surface area contributed by atoms with Crippen LogP contribution >= 0.6 is 24.0 Å². The highest BCUT2D eigenvalue weighted by molar-refractivity contribution is 14.0. The van der Waals surface area contributed by atoms with Crippen LogP contribution in [0.25, 0.3) is 11.0 Å². The highest BCUT2D eigenvalue weighted by Gasteiger charge is 2.18. The highest BCUT2D eigenvalue weighted by atomic mass is 127. The number of anilines is 1. The summed E-state index contributed by atoms with van der Waals surface area (Å²) in [6.45, 7) is 3.95. The van der Waals surface area contributed by atoms with Crippen molar-refractivity contribution < 1.29 is 4.39 Å². The molecule has 148 valence electrons. The molecule has 1 saturated heterocycles. The number of halogens is 2. The lowest BCUT2D eigenvalue weighted by molar-refractivity contribution is 0.381. The van der Waals surface area contributed by atoms with Gasteiger partial charge in [0.2, 0.25) is 0 Å². The number of guanidine groups is 1. The van der Waals surface area contributed by atoms with Gasteiger partial charge in [0, 0.05) is 56.2 Å². The first-order valence-corrected chi connectivity index (χ1v) is 9.17. The second-order valence-electron chi connectivity index (χ2n) is 6.65. The van der Waals surface area contributed by atoms with Crippen LogP contribution in [0, 0.1) is 5.82 Å². The Morgan fingerprint density at radius 1 is 1.14 bits per heavy atom. The van der Waals surface area contributed by atoms with Crippen LogP contribution in [0.2, 0.25) is 0 Å². The SMILES string of the molecule is I.NC(=NCCc1c[nH]c2ncccc12)N1CCN(c2ccc(F)cc2)CC1. The Balaban J connectivity index is 0.00000225. The van der Waals surface area contributed by atoms with E-state index in [4.69, 9.17) is 5.73 Å². The molecule has 0 aliphatic carbocycles. The Labute approximate surface area is 180 Å². The second-order valence-corrected chi connectivity index (χ2v) is 6.65. The number of aliphatic imine (C=N–C) groups is 1. The van der Waals surface area contributed by atoms with Crippen molar-refractivity contribution in [2.24, 2.45) is 10.7 Å². The number of aromatic nitrogens is 2. The normalized spacial score (nSPS) is 15.0. The average molecular weight is 494 g/mol. The number of nitrogens with one attached hydrogen (secondary N) is 1. The molecule has 0 radical (unpaired) electrons. The Hall–Kier alpha value is -2.36. The number of piperazine rings is 1. The third kappa shape index (κ3) is 4.54. The third-order valence-corrected chi connectivity index (χ3v) is 4.99. The van der Waals surface area contributed by atoms with Crippen LogP contribution < -0.4 is 10.6 Å². The topological polar surface area (TPSA) is 73.5 Å². The highest BCUT2D eigenvalue weighted by Crippen LogP contribution is 2.17. The lowest BCUT2D eigenvalue weighted by atomic mass is 10.1. The fourth-order valence-corrected chi connectivity index (χ4v) is 3.46. The van der Waals surface area contributed by atoms with Crippen molar-refractivity contribution in [2.45, 2.75) is 6.42 Å². The van der Waals surface area contributed by atoms with Crippen LogP contribution in [0.3, 0.4) is 0 Å². The number of aromatic amines is 1. The van der Waals surface area contributed by atoms with Crippen molar-refractivity contribution in [3.63, 3.8) is 0 Å². The van der Waals surface area contributed by atoms with Gasteiger partial charge in [-0.2, -0.15) is 0 Å². The molecule has 3 heterocycles. The number of nitrogens with two attached hydrogens (primary N) is 1. The smallest absolute Gasteiger partial charge is 0.191 e.